The van der Waals surface area contributed by atoms with Crippen LogP contribution in [0.3, 0.4) is 0 Å². The molecule has 5 nitrogen and oxygen atoms in total. The second-order valence-electron chi connectivity index (χ2n) is 5.77. The fourth-order valence-corrected chi connectivity index (χ4v) is 2.14. The third kappa shape index (κ3) is 6.02. The van der Waals surface area contributed by atoms with Gasteiger partial charge in [-0.15, -0.1) is 0 Å². The Kier molecular flexibility index (Phi) is 6.44. The molecule has 0 fully saturated rings. The molecule has 0 aromatic heterocycles. The lowest BCUT2D eigenvalue weighted by Crippen LogP contribution is -2.23. The normalized spacial score (nSPS) is 11.0. The predicted octanol–water partition coefficient (Wildman–Crippen LogP) is 3.88. The van der Waals surface area contributed by atoms with Crippen LogP contribution < -0.4 is 10.1 Å². The molecule has 2 rings (SSSR count). The van der Waals surface area contributed by atoms with E-state index in [0.29, 0.717) is 5.75 Å². The topological polar surface area (TPSA) is 64.6 Å². The summed E-state index contributed by atoms with van der Waals surface area (Å²) in [6, 6.07) is 9.34. The number of alkyl halides is 3. The van der Waals surface area contributed by atoms with E-state index in [1.54, 1.807) is 12.1 Å². The van der Waals surface area contributed by atoms with Gasteiger partial charge in [0.1, 0.15) is 5.75 Å². The van der Waals surface area contributed by atoms with Crippen molar-refractivity contribution in [2.75, 3.05) is 18.5 Å². The van der Waals surface area contributed by atoms with E-state index in [2.05, 4.69) is 5.32 Å². The third-order valence-electron chi connectivity index (χ3n) is 3.76. The van der Waals surface area contributed by atoms with Crippen molar-refractivity contribution in [1.29, 1.82) is 0 Å². The molecule has 0 saturated carbocycles. The van der Waals surface area contributed by atoms with Gasteiger partial charge in [-0.25, -0.2) is 4.79 Å². The van der Waals surface area contributed by atoms with Crippen molar-refractivity contribution >= 4 is 17.6 Å². The molecule has 0 saturated heterocycles. The Balaban J connectivity index is 1.78. The molecule has 144 valence electrons. The van der Waals surface area contributed by atoms with Gasteiger partial charge in [0.2, 0.25) is 0 Å². The van der Waals surface area contributed by atoms with Crippen LogP contribution in [0, 0.1) is 13.8 Å². The molecular weight excluding hydrogens is 363 g/mol. The summed E-state index contributed by atoms with van der Waals surface area (Å²) in [6.07, 6.45) is -4.45. The smallest absolute Gasteiger partial charge is 0.416 e. The Labute approximate surface area is 154 Å². The number of benzene rings is 2. The molecule has 0 unspecified atom stereocenters. The highest BCUT2D eigenvalue weighted by Gasteiger charge is 2.30. The summed E-state index contributed by atoms with van der Waals surface area (Å²) in [5.74, 6) is -0.866. The molecule has 0 aliphatic heterocycles. The zero-order chi connectivity index (χ0) is 20.0. The molecule has 0 spiro atoms. The first kappa shape index (κ1) is 20.3. The molecular formula is C19H18F3NO4. The van der Waals surface area contributed by atoms with E-state index in [4.69, 9.17) is 9.47 Å². The molecule has 0 radical (unpaired) electrons. The second-order valence-corrected chi connectivity index (χ2v) is 5.77. The molecule has 0 atom stereocenters. The number of aryl methyl sites for hydroxylation is 1. The highest BCUT2D eigenvalue weighted by atomic mass is 19.4. The molecule has 0 aliphatic rings. The van der Waals surface area contributed by atoms with Crippen LogP contribution in [0.2, 0.25) is 0 Å². The van der Waals surface area contributed by atoms with E-state index in [-0.39, 0.29) is 12.3 Å². The molecule has 1 amide bonds. The number of esters is 1. The number of halogens is 3. The summed E-state index contributed by atoms with van der Waals surface area (Å²) in [7, 11) is 0. The van der Waals surface area contributed by atoms with Crippen LogP contribution in [0.15, 0.2) is 42.5 Å². The predicted molar refractivity (Wildman–Crippen MR) is 92.4 cm³/mol. The van der Waals surface area contributed by atoms with Gasteiger partial charge in [0.15, 0.2) is 13.2 Å². The maximum Gasteiger partial charge on any atom is 0.416 e. The van der Waals surface area contributed by atoms with Gasteiger partial charge in [-0.2, -0.15) is 13.2 Å². The van der Waals surface area contributed by atoms with Gasteiger partial charge in [-0.1, -0.05) is 12.1 Å². The van der Waals surface area contributed by atoms with Crippen molar-refractivity contribution in [1.82, 2.24) is 0 Å². The quantitative estimate of drug-likeness (QED) is 0.772. The second kappa shape index (κ2) is 8.57. The lowest BCUT2D eigenvalue weighted by Gasteiger charge is -2.11. The van der Waals surface area contributed by atoms with E-state index < -0.39 is 30.2 Å². The minimum Gasteiger partial charge on any atom is -0.482 e. The summed E-state index contributed by atoms with van der Waals surface area (Å²) in [4.78, 5) is 23.4. The average molecular weight is 381 g/mol. The number of anilines is 1. The summed E-state index contributed by atoms with van der Waals surface area (Å²) in [6.45, 7) is 2.83. The van der Waals surface area contributed by atoms with Crippen molar-refractivity contribution in [2.45, 2.75) is 20.0 Å². The van der Waals surface area contributed by atoms with Crippen molar-refractivity contribution in [3.05, 3.63) is 59.2 Å². The molecule has 2 aromatic rings. The SMILES string of the molecule is Cc1cccc(OCC(=O)OCC(=O)Nc2ccc(C(F)(F)F)cc2)c1C. The first-order valence-corrected chi connectivity index (χ1v) is 7.98. The fourth-order valence-electron chi connectivity index (χ4n) is 2.14. The molecule has 0 heterocycles. The Morgan fingerprint density at radius 1 is 1.00 bits per heavy atom. The summed E-state index contributed by atoms with van der Waals surface area (Å²) in [5.41, 5.74) is 1.24. The molecule has 1 N–H and O–H groups in total. The molecule has 0 aliphatic carbocycles. The maximum absolute atomic E-state index is 12.5. The number of amides is 1. The van der Waals surface area contributed by atoms with Crippen LogP contribution in [0.4, 0.5) is 18.9 Å². The van der Waals surface area contributed by atoms with Crippen LogP contribution in [0.25, 0.3) is 0 Å². The van der Waals surface area contributed by atoms with E-state index in [1.807, 2.05) is 19.9 Å². The first-order valence-electron chi connectivity index (χ1n) is 7.98. The van der Waals surface area contributed by atoms with Crippen molar-refractivity contribution < 1.29 is 32.2 Å². The number of nitrogens with one attached hydrogen (secondary N) is 1. The van der Waals surface area contributed by atoms with Crippen molar-refractivity contribution in [3.8, 4) is 5.75 Å². The minimum absolute atomic E-state index is 0.163. The van der Waals surface area contributed by atoms with Crippen LogP contribution in [0.1, 0.15) is 16.7 Å². The molecule has 0 bridgehead atoms. The highest BCUT2D eigenvalue weighted by Crippen LogP contribution is 2.29. The number of carbonyl (C=O) groups excluding carboxylic acids is 2. The van der Waals surface area contributed by atoms with Crippen LogP contribution in [-0.2, 0) is 20.5 Å². The zero-order valence-corrected chi connectivity index (χ0v) is 14.7. The highest BCUT2D eigenvalue weighted by molar-refractivity contribution is 5.92. The molecule has 27 heavy (non-hydrogen) atoms. The van der Waals surface area contributed by atoms with Crippen LogP contribution in [0.5, 0.6) is 5.75 Å². The van der Waals surface area contributed by atoms with Crippen LogP contribution in [-0.4, -0.2) is 25.1 Å². The lowest BCUT2D eigenvalue weighted by molar-refractivity contribution is -0.149. The molecule has 2 aromatic carbocycles. The van der Waals surface area contributed by atoms with Gasteiger partial charge in [-0.3, -0.25) is 4.79 Å². The fraction of sp³-hybridized carbons (Fsp3) is 0.263. The van der Waals surface area contributed by atoms with Gasteiger partial charge in [0.25, 0.3) is 5.91 Å². The van der Waals surface area contributed by atoms with Crippen molar-refractivity contribution in [2.24, 2.45) is 0 Å². The third-order valence-corrected chi connectivity index (χ3v) is 3.76. The number of hydrogen-bond acceptors (Lipinski definition) is 4. The standard InChI is InChI=1S/C19H18F3NO4/c1-12-4-3-5-16(13(12)2)26-11-18(25)27-10-17(24)23-15-8-6-14(7-9-15)19(20,21)22/h3-9H,10-11H2,1-2H3,(H,23,24). The zero-order valence-electron chi connectivity index (χ0n) is 14.7. The Bertz CT molecular complexity index is 817. The van der Waals surface area contributed by atoms with Gasteiger partial charge in [0.05, 0.1) is 5.56 Å². The number of hydrogen-bond donors (Lipinski definition) is 1. The van der Waals surface area contributed by atoms with Gasteiger partial charge < -0.3 is 14.8 Å². The van der Waals surface area contributed by atoms with E-state index in [0.717, 1.165) is 35.4 Å². The Morgan fingerprint density at radius 2 is 1.67 bits per heavy atom. The molecule has 8 heteroatoms. The first-order chi connectivity index (χ1) is 12.7. The average Bonchev–Trinajstić information content (AvgIpc) is 2.61. The van der Waals surface area contributed by atoms with E-state index in [9.17, 15) is 22.8 Å². The minimum atomic E-state index is -4.45. The van der Waals surface area contributed by atoms with E-state index in [1.165, 1.54) is 0 Å². The number of rotatable bonds is 6. The van der Waals surface area contributed by atoms with Crippen LogP contribution >= 0.6 is 0 Å². The number of ether oxygens (including phenoxy) is 2. The van der Waals surface area contributed by atoms with Gasteiger partial charge >= 0.3 is 12.1 Å². The summed E-state index contributed by atoms with van der Waals surface area (Å²) >= 11 is 0. The lowest BCUT2D eigenvalue weighted by atomic mass is 10.1. The maximum atomic E-state index is 12.5. The summed E-state index contributed by atoms with van der Waals surface area (Å²) in [5, 5.41) is 2.34. The largest absolute Gasteiger partial charge is 0.482 e. The summed E-state index contributed by atoms with van der Waals surface area (Å²) < 4.78 is 47.6. The Hall–Kier alpha value is -3.03. The van der Waals surface area contributed by atoms with Gasteiger partial charge in [0, 0.05) is 5.69 Å². The van der Waals surface area contributed by atoms with Crippen molar-refractivity contribution in [3.63, 3.8) is 0 Å². The number of carbonyl (C=O) groups is 2. The van der Waals surface area contributed by atoms with E-state index >= 15 is 0 Å². The monoisotopic (exact) mass is 381 g/mol. The van der Waals surface area contributed by atoms with Gasteiger partial charge in [-0.05, 0) is 55.3 Å². The Morgan fingerprint density at radius 3 is 2.30 bits per heavy atom.